The zero-order valence-corrected chi connectivity index (χ0v) is 34.8. The van der Waals surface area contributed by atoms with Crippen molar-refractivity contribution in [3.63, 3.8) is 0 Å². The molecule has 318 valence electrons. The van der Waals surface area contributed by atoms with Crippen molar-refractivity contribution in [1.82, 2.24) is 35.1 Å². The number of allylic oxidation sites excluding steroid dienone is 1. The lowest BCUT2D eigenvalue weighted by atomic mass is 10.1. The quantitative estimate of drug-likeness (QED) is 0.170. The van der Waals surface area contributed by atoms with E-state index in [4.69, 9.17) is 26.7 Å². The zero-order chi connectivity index (χ0) is 42.1. The Kier molecular flexibility index (Phi) is 21.6. The summed E-state index contributed by atoms with van der Waals surface area (Å²) < 4.78 is 12.2. The molecule has 3 fully saturated rings. The minimum Gasteiger partial charge on any atom is -0.444 e. The van der Waals surface area contributed by atoms with Crippen LogP contribution in [0.25, 0.3) is 5.70 Å². The highest BCUT2D eigenvalue weighted by atomic mass is 16.6. The lowest BCUT2D eigenvalue weighted by molar-refractivity contribution is 0.141. The summed E-state index contributed by atoms with van der Waals surface area (Å²) in [6.07, 6.45) is 8.38. The highest BCUT2D eigenvalue weighted by molar-refractivity contribution is 6.01. The number of likely N-dealkylation sites (tertiary alicyclic amines) is 3. The van der Waals surface area contributed by atoms with Crippen LogP contribution in [-0.2, 0) is 22.7 Å². The van der Waals surface area contributed by atoms with Crippen LogP contribution in [-0.4, -0.2) is 127 Å². The number of aromatic nitrogens is 2. The number of hydrogen-bond acceptors (Lipinski definition) is 11. The third-order valence-electron chi connectivity index (χ3n) is 9.54. The molecule has 0 aliphatic carbocycles. The minimum atomic E-state index is -0.695. The van der Waals surface area contributed by atoms with Gasteiger partial charge in [-0.3, -0.25) is 15.6 Å². The van der Waals surface area contributed by atoms with Crippen molar-refractivity contribution in [2.24, 2.45) is 27.2 Å². The Bertz CT molecular complexity index is 1580. The Morgan fingerprint density at radius 1 is 0.707 bits per heavy atom. The van der Waals surface area contributed by atoms with E-state index in [1.54, 1.807) is 10.9 Å². The van der Waals surface area contributed by atoms with Gasteiger partial charge in [0.15, 0.2) is 5.96 Å². The van der Waals surface area contributed by atoms with Crippen molar-refractivity contribution in [2.75, 3.05) is 60.4 Å². The Morgan fingerprint density at radius 3 is 1.47 bits per heavy atom. The van der Waals surface area contributed by atoms with Gasteiger partial charge < -0.3 is 41.4 Å². The van der Waals surface area contributed by atoms with E-state index in [1.165, 1.54) is 25.9 Å². The molecular formula is C42H66N12O4. The highest BCUT2D eigenvalue weighted by Gasteiger charge is 2.20. The van der Waals surface area contributed by atoms with Crippen LogP contribution >= 0.6 is 0 Å². The van der Waals surface area contributed by atoms with Crippen molar-refractivity contribution in [1.29, 1.82) is 0 Å². The number of carbonyl (C=O) groups excluding carboxylic acids is 2. The van der Waals surface area contributed by atoms with Gasteiger partial charge >= 0.3 is 12.2 Å². The second-order valence-electron chi connectivity index (χ2n) is 14.8. The van der Waals surface area contributed by atoms with Crippen LogP contribution in [0.4, 0.5) is 9.59 Å². The Balaban J connectivity index is 0.000000266. The predicted octanol–water partition coefficient (Wildman–Crippen LogP) is 4.06. The number of carbonyl (C=O) groups is 2. The van der Waals surface area contributed by atoms with E-state index in [0.717, 1.165) is 68.7 Å². The number of nitrogens with one attached hydrogen (secondary N) is 2. The smallest absolute Gasteiger partial charge is 0.414 e. The van der Waals surface area contributed by atoms with Crippen LogP contribution in [0.15, 0.2) is 95.7 Å². The molecule has 58 heavy (non-hydrogen) atoms. The SMILES string of the molecule is C=C(C)n1cccn1.CN1CCC(N)CC1.CN1CCC(N=C(N)N)CC1.CN1CCC(N=C(NC(=O)OCc2ccccc2)NC(=O)OCc2ccccc2)CC1. The predicted molar refractivity (Wildman–Crippen MR) is 232 cm³/mol. The second-order valence-corrected chi connectivity index (χ2v) is 14.8. The fraction of sp³-hybridized carbons (Fsp3) is 0.500. The molecule has 6 rings (SSSR count). The van der Waals surface area contributed by atoms with Crippen LogP contribution in [0.1, 0.15) is 56.6 Å². The van der Waals surface area contributed by atoms with Crippen molar-refractivity contribution < 1.29 is 19.1 Å². The van der Waals surface area contributed by atoms with Gasteiger partial charge in [-0.15, -0.1) is 0 Å². The molecule has 2 amide bonds. The molecule has 3 aromatic rings. The number of nitrogens with zero attached hydrogens (tertiary/aromatic N) is 7. The maximum atomic E-state index is 12.3. The van der Waals surface area contributed by atoms with Gasteiger partial charge in [0.2, 0.25) is 5.96 Å². The van der Waals surface area contributed by atoms with Gasteiger partial charge in [0, 0.05) is 24.1 Å². The first kappa shape index (κ1) is 47.1. The van der Waals surface area contributed by atoms with Gasteiger partial charge in [-0.2, -0.15) is 5.10 Å². The van der Waals surface area contributed by atoms with E-state index < -0.39 is 12.2 Å². The molecule has 0 unspecified atom stereocenters. The Hall–Kier alpha value is -5.29. The largest absolute Gasteiger partial charge is 0.444 e. The van der Waals surface area contributed by atoms with Gasteiger partial charge in [-0.05, 0) is 123 Å². The Labute approximate surface area is 344 Å². The van der Waals surface area contributed by atoms with E-state index in [0.29, 0.717) is 12.1 Å². The average Bonchev–Trinajstić information content (AvgIpc) is 3.77. The number of alkyl carbamates (subject to hydrolysis) is 2. The molecule has 16 nitrogen and oxygen atoms in total. The number of piperidine rings is 3. The molecule has 3 aliphatic heterocycles. The lowest BCUT2D eigenvalue weighted by Gasteiger charge is -2.27. The number of benzene rings is 2. The zero-order valence-electron chi connectivity index (χ0n) is 34.8. The monoisotopic (exact) mass is 803 g/mol. The third kappa shape index (κ3) is 20.8. The van der Waals surface area contributed by atoms with E-state index in [9.17, 15) is 9.59 Å². The van der Waals surface area contributed by atoms with Gasteiger partial charge in [0.1, 0.15) is 13.2 Å². The van der Waals surface area contributed by atoms with Gasteiger partial charge in [-0.1, -0.05) is 67.2 Å². The molecule has 4 heterocycles. The molecule has 3 aliphatic rings. The standard InChI is InChI=1S/C23H28N4O4.C7H16N4.C6H8N2.C6H14N2/c1-27-14-12-20(13-15-27)24-21(25-22(28)30-16-18-8-4-2-5-9-18)26-23(29)31-17-19-10-6-3-7-11-19;1-11-4-2-6(3-5-11)10-7(8)9;1-6(2)8-5-3-4-7-8;1-8-4-2-6(7)3-5-8/h2-11,20H,12-17H2,1H3,(H2,24,25,26,28,29);6H,2-5H2,1H3,(H4,8,9,10);3-5H,1H2,2H3;6H,2-5,7H2,1H3. The summed E-state index contributed by atoms with van der Waals surface area (Å²) in [6.45, 7) is 12.2. The normalized spacial score (nSPS) is 16.6. The molecule has 0 bridgehead atoms. The number of hydrogen-bond donors (Lipinski definition) is 5. The maximum absolute atomic E-state index is 12.3. The van der Waals surface area contributed by atoms with Gasteiger partial charge in [0.05, 0.1) is 12.1 Å². The Morgan fingerprint density at radius 2 is 1.12 bits per heavy atom. The summed E-state index contributed by atoms with van der Waals surface area (Å²) in [5.74, 6) is 0.255. The summed E-state index contributed by atoms with van der Waals surface area (Å²) in [5, 5.41) is 9.01. The first-order valence-corrected chi connectivity index (χ1v) is 19.9. The lowest BCUT2D eigenvalue weighted by Crippen LogP contribution is -2.45. The molecule has 0 atom stereocenters. The molecule has 2 aromatic carbocycles. The summed E-state index contributed by atoms with van der Waals surface area (Å²) in [5.41, 5.74) is 18.9. The molecule has 0 saturated carbocycles. The summed E-state index contributed by atoms with van der Waals surface area (Å²) >= 11 is 0. The molecular weight excluding hydrogens is 737 g/mol. The number of aliphatic imine (C=N–C) groups is 2. The van der Waals surface area contributed by atoms with Gasteiger partial charge in [-0.25, -0.2) is 19.3 Å². The van der Waals surface area contributed by atoms with Crippen LogP contribution in [0.3, 0.4) is 0 Å². The number of rotatable bonds is 7. The highest BCUT2D eigenvalue weighted by Crippen LogP contribution is 2.13. The second kappa shape index (κ2) is 26.6. The van der Waals surface area contributed by atoms with Crippen molar-refractivity contribution in [3.8, 4) is 0 Å². The van der Waals surface area contributed by atoms with Crippen molar-refractivity contribution in [2.45, 2.75) is 76.8 Å². The first-order valence-electron chi connectivity index (χ1n) is 19.9. The summed E-state index contributed by atoms with van der Waals surface area (Å²) in [6, 6.07) is 21.4. The molecule has 16 heteroatoms. The van der Waals surface area contributed by atoms with E-state index in [2.05, 4.69) is 68.1 Å². The van der Waals surface area contributed by atoms with E-state index >= 15 is 0 Å². The fourth-order valence-corrected chi connectivity index (χ4v) is 5.97. The molecule has 8 N–H and O–H groups in total. The average molecular weight is 803 g/mol. The molecule has 3 saturated heterocycles. The van der Waals surface area contributed by atoms with Crippen LogP contribution in [0.5, 0.6) is 0 Å². The summed E-state index contributed by atoms with van der Waals surface area (Å²) in [7, 11) is 6.32. The van der Waals surface area contributed by atoms with E-state index in [1.807, 2.05) is 79.9 Å². The maximum Gasteiger partial charge on any atom is 0.414 e. The molecule has 0 spiro atoms. The first-order chi connectivity index (χ1) is 27.9. The number of guanidine groups is 2. The van der Waals surface area contributed by atoms with Crippen molar-refractivity contribution in [3.05, 3.63) is 96.8 Å². The van der Waals surface area contributed by atoms with Crippen LogP contribution in [0, 0.1) is 0 Å². The van der Waals surface area contributed by atoms with Crippen LogP contribution < -0.4 is 27.8 Å². The van der Waals surface area contributed by atoms with Gasteiger partial charge in [0.25, 0.3) is 0 Å². The number of nitrogens with two attached hydrogens (primary N) is 3. The topological polar surface area (TPSA) is 207 Å². The molecule has 1 aromatic heterocycles. The minimum absolute atomic E-state index is 0.00459. The van der Waals surface area contributed by atoms with Crippen LogP contribution in [0.2, 0.25) is 0 Å². The fourth-order valence-electron chi connectivity index (χ4n) is 5.97. The number of amides is 2. The van der Waals surface area contributed by atoms with Crippen molar-refractivity contribution >= 4 is 29.8 Å². The number of ether oxygens (including phenoxy) is 2. The third-order valence-corrected chi connectivity index (χ3v) is 9.54. The summed E-state index contributed by atoms with van der Waals surface area (Å²) in [4.78, 5) is 40.0. The van der Waals surface area contributed by atoms with E-state index in [-0.39, 0.29) is 31.2 Å². The molecule has 0 radical (unpaired) electrons.